The summed E-state index contributed by atoms with van der Waals surface area (Å²) in [6, 6.07) is 14.3. The third-order valence-corrected chi connectivity index (χ3v) is 5.81. The number of aromatic nitrogens is 2. The van der Waals surface area contributed by atoms with Crippen LogP contribution in [-0.4, -0.2) is 42.9 Å². The summed E-state index contributed by atoms with van der Waals surface area (Å²) in [7, 11) is 4.92. The number of likely N-dealkylation sites (tertiary alicyclic amines) is 1. The molecule has 1 unspecified atom stereocenters. The second-order valence-electron chi connectivity index (χ2n) is 7.69. The maximum absolute atomic E-state index is 5.62. The van der Waals surface area contributed by atoms with Crippen LogP contribution >= 0.6 is 0 Å². The van der Waals surface area contributed by atoms with E-state index >= 15 is 0 Å². The molecule has 1 fully saturated rings. The van der Waals surface area contributed by atoms with Gasteiger partial charge in [-0.05, 0) is 55.3 Å². The lowest BCUT2D eigenvalue weighted by Gasteiger charge is -2.29. The van der Waals surface area contributed by atoms with Crippen molar-refractivity contribution in [3.63, 3.8) is 0 Å². The van der Waals surface area contributed by atoms with E-state index < -0.39 is 0 Å². The molecule has 1 aromatic heterocycles. The fourth-order valence-electron chi connectivity index (χ4n) is 4.15. The van der Waals surface area contributed by atoms with Gasteiger partial charge in [0.15, 0.2) is 11.5 Å². The molecule has 31 heavy (non-hydrogen) atoms. The highest BCUT2D eigenvalue weighted by Crippen LogP contribution is 2.33. The zero-order valence-electron chi connectivity index (χ0n) is 18.3. The molecule has 2 aromatic carbocycles. The molecule has 0 N–H and O–H groups in total. The highest BCUT2D eigenvalue weighted by Gasteiger charge is 2.25. The number of hydrogen-bond donors (Lipinski definition) is 0. The molecular weight excluding hydrogens is 394 g/mol. The summed E-state index contributed by atoms with van der Waals surface area (Å²) in [4.78, 5) is 7.10. The van der Waals surface area contributed by atoms with Crippen molar-refractivity contribution in [1.82, 2.24) is 15.0 Å². The summed E-state index contributed by atoms with van der Waals surface area (Å²) in [6.45, 7) is 1.63. The van der Waals surface area contributed by atoms with E-state index in [-0.39, 0.29) is 0 Å². The van der Waals surface area contributed by atoms with E-state index in [0.29, 0.717) is 35.8 Å². The topological polar surface area (TPSA) is 69.9 Å². The van der Waals surface area contributed by atoms with Crippen molar-refractivity contribution < 1.29 is 18.7 Å². The zero-order valence-corrected chi connectivity index (χ0v) is 18.3. The molecule has 3 aromatic rings. The largest absolute Gasteiger partial charge is 0.497 e. The predicted molar refractivity (Wildman–Crippen MR) is 117 cm³/mol. The molecule has 7 nitrogen and oxygen atoms in total. The minimum atomic E-state index is 0.324. The SMILES string of the molecule is COc1ccc(C2CCCCCN2Cc2nc(-c3ccc(OC)c(OC)c3)no2)cc1. The quantitative estimate of drug-likeness (QED) is 0.536. The lowest BCUT2D eigenvalue weighted by atomic mass is 10.0. The summed E-state index contributed by atoms with van der Waals surface area (Å²) in [5.74, 6) is 3.35. The zero-order chi connectivity index (χ0) is 21.6. The number of nitrogens with zero attached hydrogens (tertiary/aromatic N) is 3. The Kier molecular flexibility index (Phi) is 6.72. The number of methoxy groups -OCH3 is 3. The van der Waals surface area contributed by atoms with Gasteiger partial charge in [-0.3, -0.25) is 4.90 Å². The second kappa shape index (κ2) is 9.83. The lowest BCUT2D eigenvalue weighted by molar-refractivity contribution is 0.168. The van der Waals surface area contributed by atoms with Crippen molar-refractivity contribution in [3.8, 4) is 28.6 Å². The molecule has 1 aliphatic heterocycles. The van der Waals surface area contributed by atoms with Crippen LogP contribution in [0.25, 0.3) is 11.4 Å². The van der Waals surface area contributed by atoms with Gasteiger partial charge in [0.05, 0.1) is 27.9 Å². The van der Waals surface area contributed by atoms with Crippen LogP contribution in [0.15, 0.2) is 47.0 Å². The van der Waals surface area contributed by atoms with Crippen LogP contribution in [0, 0.1) is 0 Å². The molecule has 0 saturated carbocycles. The van der Waals surface area contributed by atoms with Gasteiger partial charge in [-0.15, -0.1) is 0 Å². The summed E-state index contributed by atoms with van der Waals surface area (Å²) in [5, 5.41) is 4.20. The van der Waals surface area contributed by atoms with Crippen LogP contribution in [0.4, 0.5) is 0 Å². The van der Waals surface area contributed by atoms with E-state index in [4.69, 9.17) is 18.7 Å². The normalized spacial score (nSPS) is 17.2. The third kappa shape index (κ3) is 4.82. The van der Waals surface area contributed by atoms with Gasteiger partial charge >= 0.3 is 0 Å². The van der Waals surface area contributed by atoms with Crippen molar-refractivity contribution in [2.24, 2.45) is 0 Å². The average Bonchev–Trinajstić information content (AvgIpc) is 3.16. The minimum absolute atomic E-state index is 0.324. The summed E-state index contributed by atoms with van der Waals surface area (Å²) < 4.78 is 21.6. The fourth-order valence-corrected chi connectivity index (χ4v) is 4.15. The van der Waals surface area contributed by atoms with Gasteiger partial charge < -0.3 is 18.7 Å². The van der Waals surface area contributed by atoms with Crippen molar-refractivity contribution in [2.45, 2.75) is 38.3 Å². The Morgan fingerprint density at radius 2 is 1.74 bits per heavy atom. The Morgan fingerprint density at radius 3 is 2.48 bits per heavy atom. The van der Waals surface area contributed by atoms with Gasteiger partial charge in [0.2, 0.25) is 11.7 Å². The molecule has 1 aliphatic rings. The first-order valence-corrected chi connectivity index (χ1v) is 10.6. The fraction of sp³-hybridized carbons (Fsp3) is 0.417. The van der Waals surface area contributed by atoms with Gasteiger partial charge in [0, 0.05) is 11.6 Å². The number of rotatable bonds is 7. The van der Waals surface area contributed by atoms with Gasteiger partial charge in [-0.2, -0.15) is 4.98 Å². The Bertz CT molecular complexity index is 987. The van der Waals surface area contributed by atoms with E-state index in [1.807, 2.05) is 30.3 Å². The Balaban J connectivity index is 1.54. The molecule has 0 aliphatic carbocycles. The maximum Gasteiger partial charge on any atom is 0.241 e. The Labute approximate surface area is 182 Å². The first-order chi connectivity index (χ1) is 15.2. The number of hydrogen-bond acceptors (Lipinski definition) is 7. The third-order valence-electron chi connectivity index (χ3n) is 5.81. The summed E-state index contributed by atoms with van der Waals surface area (Å²) >= 11 is 0. The monoisotopic (exact) mass is 423 g/mol. The maximum atomic E-state index is 5.62. The highest BCUT2D eigenvalue weighted by molar-refractivity contribution is 5.60. The van der Waals surface area contributed by atoms with Gasteiger partial charge in [0.1, 0.15) is 5.75 Å². The molecule has 7 heteroatoms. The molecule has 2 heterocycles. The molecule has 1 atom stereocenters. The smallest absolute Gasteiger partial charge is 0.241 e. The molecule has 0 spiro atoms. The van der Waals surface area contributed by atoms with Crippen LogP contribution in [0.3, 0.4) is 0 Å². The highest BCUT2D eigenvalue weighted by atomic mass is 16.5. The van der Waals surface area contributed by atoms with Crippen LogP contribution < -0.4 is 14.2 Å². The van der Waals surface area contributed by atoms with Crippen molar-refractivity contribution in [2.75, 3.05) is 27.9 Å². The molecule has 164 valence electrons. The van der Waals surface area contributed by atoms with Crippen LogP contribution in [0.2, 0.25) is 0 Å². The summed E-state index contributed by atoms with van der Waals surface area (Å²) in [5.41, 5.74) is 2.12. The van der Waals surface area contributed by atoms with Gasteiger partial charge in [-0.1, -0.05) is 30.1 Å². The van der Waals surface area contributed by atoms with Crippen LogP contribution in [-0.2, 0) is 6.54 Å². The summed E-state index contributed by atoms with van der Waals surface area (Å²) in [6.07, 6.45) is 4.74. The van der Waals surface area contributed by atoms with E-state index in [1.165, 1.54) is 24.8 Å². The van der Waals surface area contributed by atoms with Crippen molar-refractivity contribution in [1.29, 1.82) is 0 Å². The first kappa shape index (κ1) is 21.2. The molecule has 0 bridgehead atoms. The van der Waals surface area contributed by atoms with Crippen molar-refractivity contribution in [3.05, 3.63) is 53.9 Å². The van der Waals surface area contributed by atoms with E-state index in [9.17, 15) is 0 Å². The molecule has 1 saturated heterocycles. The van der Waals surface area contributed by atoms with Crippen LogP contribution in [0.1, 0.15) is 43.2 Å². The minimum Gasteiger partial charge on any atom is -0.497 e. The van der Waals surface area contributed by atoms with Crippen LogP contribution in [0.5, 0.6) is 17.2 Å². The Hall–Kier alpha value is -3.06. The van der Waals surface area contributed by atoms with Gasteiger partial charge in [-0.25, -0.2) is 0 Å². The van der Waals surface area contributed by atoms with Gasteiger partial charge in [0.25, 0.3) is 0 Å². The number of benzene rings is 2. The average molecular weight is 424 g/mol. The molecule has 0 radical (unpaired) electrons. The van der Waals surface area contributed by atoms with E-state index in [2.05, 4.69) is 27.2 Å². The van der Waals surface area contributed by atoms with Crippen molar-refractivity contribution >= 4 is 0 Å². The van der Waals surface area contributed by atoms with E-state index in [0.717, 1.165) is 24.3 Å². The predicted octanol–water partition coefficient (Wildman–Crippen LogP) is 4.88. The molecular formula is C24H29N3O4. The van der Waals surface area contributed by atoms with E-state index in [1.54, 1.807) is 21.3 Å². The number of ether oxygens (including phenoxy) is 3. The molecule has 0 amide bonds. The lowest BCUT2D eigenvalue weighted by Crippen LogP contribution is -2.28. The molecule has 4 rings (SSSR count). The Morgan fingerprint density at radius 1 is 0.935 bits per heavy atom. The standard InChI is InChI=1S/C24H29N3O4/c1-28-19-11-8-17(9-12-19)20-7-5-4-6-14-27(20)16-23-25-24(26-31-23)18-10-13-21(29-2)22(15-18)30-3/h8-13,15,20H,4-7,14,16H2,1-3H3. The first-order valence-electron chi connectivity index (χ1n) is 10.6. The second-order valence-corrected chi connectivity index (χ2v) is 7.69.